The monoisotopic (exact) mass is 297 g/mol. The van der Waals surface area contributed by atoms with Crippen LogP contribution in [-0.4, -0.2) is 11.7 Å². The second-order valence-corrected chi connectivity index (χ2v) is 3.84. The van der Waals surface area contributed by atoms with Crippen molar-refractivity contribution in [3.8, 4) is 5.75 Å². The van der Waals surface area contributed by atoms with Crippen molar-refractivity contribution in [1.29, 1.82) is 0 Å². The predicted octanol–water partition coefficient (Wildman–Crippen LogP) is 2.28. The van der Waals surface area contributed by atoms with Gasteiger partial charge in [0.05, 0.1) is 0 Å². The molecule has 0 amide bonds. The molecular weight excluding hydrogens is 288 g/mol. The van der Waals surface area contributed by atoms with Crippen LogP contribution < -0.4 is 4.84 Å². The molecule has 0 atom stereocenters. The lowest BCUT2D eigenvalue weighted by atomic mass is 10.1. The van der Waals surface area contributed by atoms with Gasteiger partial charge in [0.15, 0.2) is 0 Å². The highest BCUT2D eigenvalue weighted by atomic mass is 127. The first kappa shape index (κ1) is 10.1. The van der Waals surface area contributed by atoms with Gasteiger partial charge in [-0.25, -0.2) is 4.84 Å². The largest absolute Gasteiger partial charge is 0.508 e. The highest BCUT2D eigenvalue weighted by molar-refractivity contribution is 14.1. The van der Waals surface area contributed by atoms with E-state index in [0.29, 0.717) is 5.75 Å². The quantitative estimate of drug-likeness (QED) is 0.663. The summed E-state index contributed by atoms with van der Waals surface area (Å²) >= 11 is 7.53. The van der Waals surface area contributed by atoms with E-state index in [9.17, 15) is 0 Å². The van der Waals surface area contributed by atoms with Crippen molar-refractivity contribution < 1.29 is 5.11 Å². The van der Waals surface area contributed by atoms with Crippen molar-refractivity contribution in [2.24, 2.45) is 0 Å². The summed E-state index contributed by atoms with van der Waals surface area (Å²) in [5.41, 5.74) is 1.20. The van der Waals surface area contributed by atoms with E-state index in [2.05, 4.69) is 27.4 Å². The lowest BCUT2D eigenvalue weighted by Gasteiger charge is -2.03. The minimum Gasteiger partial charge on any atom is -0.508 e. The van der Waals surface area contributed by atoms with E-state index in [0.717, 1.165) is 16.5 Å². The van der Waals surface area contributed by atoms with E-state index in [1.165, 1.54) is 5.56 Å². The molecule has 2 N–H and O–H groups in total. The maximum atomic E-state index is 9.12. The number of hydrogen-bond donors (Lipinski definition) is 2. The Labute approximate surface area is 90.2 Å². The van der Waals surface area contributed by atoms with Crippen molar-refractivity contribution in [1.82, 2.24) is 4.84 Å². The summed E-state index contributed by atoms with van der Waals surface area (Å²) in [5.74, 6) is 0.307. The van der Waals surface area contributed by atoms with Crippen LogP contribution in [0.15, 0.2) is 18.2 Å². The number of aromatic hydroxyl groups is 1. The van der Waals surface area contributed by atoms with Gasteiger partial charge in [0.1, 0.15) is 5.75 Å². The van der Waals surface area contributed by atoms with Crippen molar-refractivity contribution in [3.63, 3.8) is 0 Å². The molecule has 0 spiro atoms. The number of halogens is 2. The van der Waals surface area contributed by atoms with Crippen LogP contribution in [0.2, 0.25) is 0 Å². The van der Waals surface area contributed by atoms with E-state index in [4.69, 9.17) is 16.9 Å². The number of benzene rings is 1. The third-order valence-corrected chi connectivity index (χ3v) is 2.72. The SMILES string of the molecule is Oc1ccc(CCNCl)c(I)c1. The zero-order chi connectivity index (χ0) is 8.97. The second-order valence-electron chi connectivity index (χ2n) is 2.41. The normalized spacial score (nSPS) is 10.2. The first-order valence-electron chi connectivity index (χ1n) is 3.55. The highest BCUT2D eigenvalue weighted by Crippen LogP contribution is 2.18. The zero-order valence-corrected chi connectivity index (χ0v) is 9.26. The summed E-state index contributed by atoms with van der Waals surface area (Å²) in [6, 6.07) is 5.33. The van der Waals surface area contributed by atoms with Gasteiger partial charge in [0.25, 0.3) is 0 Å². The number of hydrogen-bond acceptors (Lipinski definition) is 2. The molecule has 0 aromatic heterocycles. The minimum atomic E-state index is 0.307. The first-order chi connectivity index (χ1) is 5.74. The summed E-state index contributed by atoms with van der Waals surface area (Å²) < 4.78 is 1.07. The van der Waals surface area contributed by atoms with Crippen LogP contribution in [0.5, 0.6) is 5.75 Å². The second kappa shape index (κ2) is 4.89. The number of rotatable bonds is 3. The summed E-state index contributed by atoms with van der Waals surface area (Å²) in [7, 11) is 0. The van der Waals surface area contributed by atoms with Crippen LogP contribution in [0.1, 0.15) is 5.56 Å². The maximum absolute atomic E-state index is 9.12. The highest BCUT2D eigenvalue weighted by Gasteiger charge is 1.99. The molecule has 0 heterocycles. The van der Waals surface area contributed by atoms with Gasteiger partial charge in [-0.15, -0.1) is 0 Å². The van der Waals surface area contributed by atoms with Crippen LogP contribution >= 0.6 is 34.4 Å². The molecule has 0 saturated heterocycles. The Morgan fingerprint density at radius 3 is 2.83 bits per heavy atom. The molecule has 2 nitrogen and oxygen atoms in total. The third kappa shape index (κ3) is 2.80. The van der Waals surface area contributed by atoms with E-state index in [1.807, 2.05) is 6.07 Å². The van der Waals surface area contributed by atoms with Gasteiger partial charge in [-0.05, 0) is 58.5 Å². The van der Waals surface area contributed by atoms with E-state index in [1.54, 1.807) is 12.1 Å². The van der Waals surface area contributed by atoms with Gasteiger partial charge in [-0.2, -0.15) is 0 Å². The van der Waals surface area contributed by atoms with Crippen LogP contribution in [0, 0.1) is 3.57 Å². The number of phenols is 1. The minimum absolute atomic E-state index is 0.307. The molecule has 0 aliphatic carbocycles. The summed E-state index contributed by atoms with van der Waals surface area (Å²) in [5, 5.41) is 9.12. The van der Waals surface area contributed by atoms with Gasteiger partial charge in [-0.3, -0.25) is 0 Å². The van der Waals surface area contributed by atoms with E-state index in [-0.39, 0.29) is 0 Å². The van der Waals surface area contributed by atoms with Crippen LogP contribution in [0.25, 0.3) is 0 Å². The molecule has 0 aliphatic rings. The summed E-state index contributed by atoms with van der Waals surface area (Å²) in [4.78, 5) is 2.56. The summed E-state index contributed by atoms with van der Waals surface area (Å²) in [6.45, 7) is 0.738. The Morgan fingerprint density at radius 1 is 1.50 bits per heavy atom. The van der Waals surface area contributed by atoms with Crippen molar-refractivity contribution >= 4 is 34.4 Å². The molecule has 0 saturated carbocycles. The number of nitrogens with one attached hydrogen (secondary N) is 1. The lowest BCUT2D eigenvalue weighted by Crippen LogP contribution is -2.05. The zero-order valence-electron chi connectivity index (χ0n) is 6.35. The lowest BCUT2D eigenvalue weighted by molar-refractivity contribution is 0.474. The molecule has 66 valence electrons. The van der Waals surface area contributed by atoms with Gasteiger partial charge < -0.3 is 5.11 Å². The Bertz CT molecular complexity index is 267. The Hall–Kier alpha value is -0.000000000000000111. The summed E-state index contributed by atoms with van der Waals surface area (Å²) in [6.07, 6.45) is 0.877. The fraction of sp³-hybridized carbons (Fsp3) is 0.250. The topological polar surface area (TPSA) is 32.3 Å². The fourth-order valence-electron chi connectivity index (χ4n) is 0.921. The van der Waals surface area contributed by atoms with Crippen LogP contribution in [0.4, 0.5) is 0 Å². The standard InChI is InChI=1S/C8H9ClINO/c9-11-4-3-6-1-2-7(12)5-8(6)10/h1-2,5,11-12H,3-4H2. The van der Waals surface area contributed by atoms with Crippen molar-refractivity contribution in [3.05, 3.63) is 27.3 Å². The Balaban J connectivity index is 2.72. The molecule has 12 heavy (non-hydrogen) atoms. The molecule has 1 rings (SSSR count). The number of phenolic OH excluding ortho intramolecular Hbond substituents is 1. The van der Waals surface area contributed by atoms with Gasteiger partial charge >= 0.3 is 0 Å². The average molecular weight is 298 g/mol. The molecule has 1 aromatic carbocycles. The predicted molar refractivity (Wildman–Crippen MR) is 58.4 cm³/mol. The van der Waals surface area contributed by atoms with Crippen LogP contribution in [0.3, 0.4) is 0 Å². The molecule has 0 fully saturated rings. The average Bonchev–Trinajstić information content (AvgIpc) is 2.03. The fourth-order valence-corrected chi connectivity index (χ4v) is 1.78. The molecular formula is C8H9ClINO. The molecule has 0 unspecified atom stereocenters. The first-order valence-corrected chi connectivity index (χ1v) is 5.00. The molecule has 0 bridgehead atoms. The Morgan fingerprint density at radius 2 is 2.25 bits per heavy atom. The molecule has 4 heteroatoms. The third-order valence-electron chi connectivity index (χ3n) is 1.53. The van der Waals surface area contributed by atoms with E-state index < -0.39 is 0 Å². The maximum Gasteiger partial charge on any atom is 0.116 e. The van der Waals surface area contributed by atoms with Crippen molar-refractivity contribution in [2.75, 3.05) is 6.54 Å². The Kier molecular flexibility index (Phi) is 4.11. The van der Waals surface area contributed by atoms with Crippen LogP contribution in [-0.2, 0) is 6.42 Å². The van der Waals surface area contributed by atoms with Gasteiger partial charge in [0, 0.05) is 10.1 Å². The molecule has 0 aliphatic heterocycles. The van der Waals surface area contributed by atoms with Gasteiger partial charge in [-0.1, -0.05) is 6.07 Å². The molecule has 0 radical (unpaired) electrons. The smallest absolute Gasteiger partial charge is 0.116 e. The molecule has 1 aromatic rings. The van der Waals surface area contributed by atoms with E-state index >= 15 is 0 Å². The van der Waals surface area contributed by atoms with Crippen molar-refractivity contribution in [2.45, 2.75) is 6.42 Å². The van der Waals surface area contributed by atoms with Gasteiger partial charge in [0.2, 0.25) is 0 Å².